The van der Waals surface area contributed by atoms with Crippen LogP contribution < -0.4 is 0 Å². The minimum atomic E-state index is -0.874. The van der Waals surface area contributed by atoms with Gasteiger partial charge >= 0.3 is 0 Å². The highest BCUT2D eigenvalue weighted by Gasteiger charge is 2.25. The summed E-state index contributed by atoms with van der Waals surface area (Å²) >= 11 is 0. The van der Waals surface area contributed by atoms with E-state index in [4.69, 9.17) is 0 Å². The third kappa shape index (κ3) is 5.45. The van der Waals surface area contributed by atoms with E-state index in [1.165, 1.54) is 20.3 Å². The molecule has 0 amide bonds. The number of rotatable bonds is 5. The number of hydrogen-bond acceptors (Lipinski definition) is 0. The van der Waals surface area contributed by atoms with E-state index < -0.39 is 149 Å². The molecule has 0 atom stereocenters. The highest BCUT2D eigenvalue weighted by molar-refractivity contribution is 6.33. The van der Waals surface area contributed by atoms with Gasteiger partial charge in [-0.3, -0.25) is 0 Å². The maximum absolute atomic E-state index is 10.5. The molecule has 0 bridgehead atoms. The molecular weight excluding hydrogens is 933 g/mol. The lowest BCUT2D eigenvalue weighted by atomic mass is 9.99. The number of nitrogens with zero attached hydrogens (tertiary/aromatic N) is 4. The largest absolute Gasteiger partial charge is 0.309 e. The van der Waals surface area contributed by atoms with Crippen LogP contribution in [0.4, 0.5) is 0 Å². The third-order valence-corrected chi connectivity index (χ3v) is 15.4. The molecule has 0 aliphatic heterocycles. The summed E-state index contributed by atoms with van der Waals surface area (Å²) in [5.74, 6) is 0. The molecule has 0 aliphatic rings. The van der Waals surface area contributed by atoms with Gasteiger partial charge in [0.15, 0.2) is 0 Å². The Labute approximate surface area is 473 Å². The predicted molar refractivity (Wildman–Crippen MR) is 325 cm³/mol. The first kappa shape index (κ1) is 25.4. The van der Waals surface area contributed by atoms with Crippen LogP contribution in [0.2, 0.25) is 0 Å². The Balaban J connectivity index is 1.01. The normalized spacial score (nSPS) is 16.7. The Hall–Kier alpha value is -10.2. The van der Waals surface area contributed by atoms with Crippen LogP contribution in [0.15, 0.2) is 248 Å². The van der Waals surface area contributed by atoms with Crippen LogP contribution in [0, 0.1) is 6.92 Å². The van der Waals surface area contributed by atoms with Gasteiger partial charge < -0.3 is 17.9 Å². The molecule has 0 saturated carbocycles. The first-order valence-corrected chi connectivity index (χ1v) is 24.9. The van der Waals surface area contributed by atoms with Crippen molar-refractivity contribution in [3.63, 3.8) is 0 Å². The molecule has 0 saturated heterocycles. The van der Waals surface area contributed by atoms with Crippen molar-refractivity contribution in [2.45, 2.75) is 6.92 Å². The van der Waals surface area contributed by atoms with E-state index in [2.05, 4.69) is 0 Å². The number of para-hydroxylation sites is 2. The van der Waals surface area contributed by atoms with Gasteiger partial charge in [0.2, 0.25) is 0 Å². The summed E-state index contributed by atoms with van der Waals surface area (Å²) in [5, 5.41) is -2.21. The van der Waals surface area contributed by atoms with Gasteiger partial charge in [0.1, 0.15) is 0 Å². The quantitative estimate of drug-likeness (QED) is 0.164. The molecule has 12 aromatic carbocycles. The highest BCUT2D eigenvalue weighted by Crippen LogP contribution is 2.48. The number of aromatic nitrogens is 4. The minimum absolute atomic E-state index is 0.0158. The van der Waals surface area contributed by atoms with Gasteiger partial charge in [0, 0.05) is 65.2 Å². The Morgan fingerprint density at radius 2 is 0.662 bits per heavy atom. The average molecular weight is 1000 g/mol. The van der Waals surface area contributed by atoms with Crippen molar-refractivity contribution >= 4 is 120 Å². The second-order valence-electron chi connectivity index (χ2n) is 19.4. The average Bonchev–Trinajstić information content (AvgIpc) is 1.53. The van der Waals surface area contributed by atoms with Gasteiger partial charge in [0.05, 0.1) is 86.7 Å². The molecule has 0 spiro atoms. The lowest BCUT2D eigenvalue weighted by molar-refractivity contribution is 1.18. The van der Waals surface area contributed by atoms with Gasteiger partial charge in [0.25, 0.3) is 0 Å². The molecule has 0 fully saturated rings. The molecule has 18 aromatic rings. The van der Waals surface area contributed by atoms with Crippen molar-refractivity contribution < 1.29 is 31.5 Å². The monoisotopic (exact) mass is 1000 g/mol. The van der Waals surface area contributed by atoms with Crippen molar-refractivity contribution in [2.75, 3.05) is 0 Å². The van der Waals surface area contributed by atoms with E-state index in [1.54, 1.807) is 41.0 Å². The van der Waals surface area contributed by atoms with Crippen molar-refractivity contribution in [2.24, 2.45) is 0 Å². The SMILES string of the molecule is [2H]c1c([2H])c2c3c([2H])c([2H])c([2H])c4c3c3c(c([2H])c([2H])c([2H])c3n3c5c([2H])c([2H])c(-c6c([2H])c([2H])c7c(c6[2H])c6c([2H])c([2H])c([2H])c8c9c([2H])c(C)c([2H])c%10c9c9c(c([2H])c([2H])c([2H])c9n7c86)n%10-c6ccc(-c7ccccc7)cc6)c([2H])c5c(c1[2H])c23)n4-c1ccc(-c2ccccc2)cc1. The van der Waals surface area contributed by atoms with Crippen LogP contribution in [0.25, 0.3) is 165 Å². The van der Waals surface area contributed by atoms with Gasteiger partial charge in [-0.25, -0.2) is 0 Å². The third-order valence-electron chi connectivity index (χ3n) is 15.4. The number of fused-ring (bicyclic) bond motifs is 10. The van der Waals surface area contributed by atoms with E-state index in [1.807, 2.05) is 72.8 Å². The van der Waals surface area contributed by atoms with Crippen molar-refractivity contribution in [3.05, 3.63) is 254 Å². The van der Waals surface area contributed by atoms with E-state index >= 15 is 0 Å². The molecule has 4 heteroatoms. The molecule has 18 rings (SSSR count). The maximum atomic E-state index is 10.5. The smallest absolute Gasteiger partial charge is 0.0648 e. The highest BCUT2D eigenvalue weighted by atomic mass is 15.0. The molecule has 0 aliphatic carbocycles. The molecule has 0 unspecified atom stereocenters. The van der Waals surface area contributed by atoms with Gasteiger partial charge in [-0.05, 0) is 141 Å². The summed E-state index contributed by atoms with van der Waals surface area (Å²) in [4.78, 5) is 0. The van der Waals surface area contributed by atoms with Crippen LogP contribution in [0.3, 0.4) is 0 Å². The fourth-order valence-corrected chi connectivity index (χ4v) is 12.1. The van der Waals surface area contributed by atoms with Crippen molar-refractivity contribution in [1.29, 1.82) is 0 Å². The fourth-order valence-electron chi connectivity index (χ4n) is 12.1. The predicted octanol–water partition coefficient (Wildman–Crippen LogP) is 19.5. The Kier molecular flexibility index (Phi) is 4.95. The summed E-state index contributed by atoms with van der Waals surface area (Å²) in [7, 11) is 0. The van der Waals surface area contributed by atoms with E-state index in [0.717, 1.165) is 22.3 Å². The van der Waals surface area contributed by atoms with E-state index in [0.29, 0.717) is 11.4 Å². The zero-order valence-electron chi connectivity index (χ0n) is 63.2. The topological polar surface area (TPSA) is 18.7 Å². The summed E-state index contributed by atoms with van der Waals surface area (Å²) in [6.07, 6.45) is 0. The van der Waals surface area contributed by atoms with Crippen LogP contribution >= 0.6 is 0 Å². The molecular formula is C73H44N4. The zero-order chi connectivity index (χ0) is 70.2. The second-order valence-corrected chi connectivity index (χ2v) is 19.4. The summed E-state index contributed by atoms with van der Waals surface area (Å²) in [6.45, 7) is 1.53. The molecule has 4 nitrogen and oxygen atoms in total. The number of hydrogen-bond donors (Lipinski definition) is 0. The van der Waals surface area contributed by atoms with Crippen molar-refractivity contribution in [3.8, 4) is 44.8 Å². The lowest BCUT2D eigenvalue weighted by Crippen LogP contribution is -1.95. The molecule has 77 heavy (non-hydrogen) atoms. The first-order chi connectivity index (χ1) is 47.8. The molecule has 6 aromatic heterocycles. The number of benzene rings is 12. The molecule has 356 valence electrons. The minimum Gasteiger partial charge on any atom is -0.309 e. The maximum Gasteiger partial charge on any atom is 0.0648 e. The van der Waals surface area contributed by atoms with Gasteiger partial charge in [-0.15, -0.1) is 0 Å². The Morgan fingerprint density at radius 1 is 0.273 bits per heavy atom. The van der Waals surface area contributed by atoms with Crippen LogP contribution in [0.5, 0.6) is 0 Å². The van der Waals surface area contributed by atoms with Crippen molar-refractivity contribution in [1.82, 2.24) is 17.9 Å². The van der Waals surface area contributed by atoms with Crippen LogP contribution in [-0.2, 0) is 0 Å². The van der Waals surface area contributed by atoms with Crippen LogP contribution in [0.1, 0.15) is 37.1 Å². The Morgan fingerprint density at radius 3 is 1.18 bits per heavy atom. The molecule has 0 N–H and O–H groups in total. The van der Waals surface area contributed by atoms with E-state index in [-0.39, 0.29) is 127 Å². The van der Waals surface area contributed by atoms with Gasteiger partial charge in [-0.2, -0.15) is 0 Å². The standard InChI is InChI=1S/C73H44N4/c1-43-39-59-56-21-9-20-55-58-42-49(32-38-61(58)77(73(55)56)66-26-12-24-64-71(66)69(59)67(40-43)75(64)51-35-29-47(30-36-51)45-15-6-3-7-16-45)48-31-37-60-57(41-48)54-19-8-18-53-52-17-10-22-62-68(52)70-63(23-11-25-65(70)76(60)72(53)54)74(62)50-33-27-46(28-34-50)44-13-4-2-5-14-44/h2-42H,1H3/i8D,9D,10D,11D,12D,17D,18D,19D,20D,21D,22D,23D,24D,25D,26D,31D,32D,37D,38D,39D,40D,41D,42D. The molecule has 0 radical (unpaired) electrons. The zero-order valence-corrected chi connectivity index (χ0v) is 40.2. The summed E-state index contributed by atoms with van der Waals surface area (Å²) in [5.41, 5.74) is 1.07. The summed E-state index contributed by atoms with van der Waals surface area (Å²) in [6, 6.07) is 18.3. The molecule has 6 heterocycles. The lowest BCUT2D eigenvalue weighted by Gasteiger charge is -2.11. The second kappa shape index (κ2) is 15.0. The van der Waals surface area contributed by atoms with E-state index in [9.17, 15) is 31.5 Å². The first-order valence-electron chi connectivity index (χ1n) is 36.4. The van der Waals surface area contributed by atoms with Gasteiger partial charge in [-0.1, -0.05) is 163 Å². The summed E-state index contributed by atoms with van der Waals surface area (Å²) < 4.78 is 232. The fraction of sp³-hybridized carbons (Fsp3) is 0.0137. The van der Waals surface area contributed by atoms with Crippen LogP contribution in [-0.4, -0.2) is 17.9 Å². The Bertz CT molecular complexity index is 6480.